The van der Waals surface area contributed by atoms with Gasteiger partial charge in [-0.3, -0.25) is 0 Å². The monoisotopic (exact) mass is 378 g/mol. The largest absolute Gasteiger partial charge is 0.463 e. The van der Waals surface area contributed by atoms with Crippen LogP contribution in [0.15, 0.2) is 42.1 Å². The molecule has 1 unspecified atom stereocenters. The van der Waals surface area contributed by atoms with Crippen LogP contribution in [-0.2, 0) is 20.8 Å². The van der Waals surface area contributed by atoms with Crippen LogP contribution in [0.5, 0.6) is 0 Å². The fourth-order valence-electron chi connectivity index (χ4n) is 2.78. The summed E-state index contributed by atoms with van der Waals surface area (Å²) in [5, 5.41) is 2.51. The number of alkyl halides is 1. The molecule has 1 amide bonds. The molecule has 0 bridgehead atoms. The number of amides is 1. The summed E-state index contributed by atoms with van der Waals surface area (Å²) in [6.45, 7) is 7.06. The molecule has 1 heterocycles. The average Bonchev–Trinajstić information content (AvgIpc) is 2.89. The van der Waals surface area contributed by atoms with Gasteiger partial charge in [0.15, 0.2) is 0 Å². The maximum atomic E-state index is 15.5. The topological polar surface area (TPSA) is 67.9 Å². The lowest BCUT2D eigenvalue weighted by atomic mass is 9.99. The van der Waals surface area contributed by atoms with Gasteiger partial charge in [-0.2, -0.15) is 0 Å². The molecule has 1 aromatic rings. The van der Waals surface area contributed by atoms with Crippen LogP contribution in [0.2, 0.25) is 0 Å². The average molecular weight is 378 g/mol. The van der Waals surface area contributed by atoms with E-state index in [0.717, 1.165) is 5.56 Å². The Balaban J connectivity index is 2.12. The number of carbonyl (C=O) groups excluding carboxylic acids is 2. The summed E-state index contributed by atoms with van der Waals surface area (Å²) in [6, 6.07) is 9.55. The second-order valence-electron chi connectivity index (χ2n) is 7.42. The number of carbonyl (C=O) groups is 2. The number of benzene rings is 1. The fraction of sp³-hybridized carbons (Fsp3) is 0.500. The van der Waals surface area contributed by atoms with Crippen LogP contribution in [0, 0.1) is 0 Å². The molecular weight excluding hydrogens is 351 g/mol. The van der Waals surface area contributed by atoms with E-state index < -0.39 is 23.3 Å². The highest BCUT2D eigenvalue weighted by Crippen LogP contribution is 2.32. The fourth-order valence-corrected chi connectivity index (χ4v) is 2.78. The molecule has 1 aromatic carbocycles. The molecule has 0 saturated heterocycles. The van der Waals surface area contributed by atoms with Crippen LogP contribution in [-0.4, -0.2) is 47.9 Å². The third-order valence-electron chi connectivity index (χ3n) is 3.92. The minimum absolute atomic E-state index is 0.0793. The number of ether oxygens (including phenoxy) is 2. The van der Waals surface area contributed by atoms with Gasteiger partial charge in [0.25, 0.3) is 0 Å². The molecule has 0 aromatic heterocycles. The van der Waals surface area contributed by atoms with Gasteiger partial charge in [-0.15, -0.1) is 0 Å². The molecule has 1 aliphatic heterocycles. The predicted molar refractivity (Wildman–Crippen MR) is 99.6 cm³/mol. The number of nitrogens with one attached hydrogen (secondary N) is 1. The molecule has 1 atom stereocenters. The summed E-state index contributed by atoms with van der Waals surface area (Å²) in [6.07, 6.45) is 0.900. The molecule has 148 valence electrons. The van der Waals surface area contributed by atoms with Crippen molar-refractivity contribution in [1.29, 1.82) is 0 Å². The van der Waals surface area contributed by atoms with Gasteiger partial charge in [0.1, 0.15) is 5.60 Å². The summed E-state index contributed by atoms with van der Waals surface area (Å²) in [5.74, 6) is -0.946. The Labute approximate surface area is 159 Å². The Kier molecular flexibility index (Phi) is 6.46. The van der Waals surface area contributed by atoms with E-state index in [0.29, 0.717) is 6.54 Å². The second-order valence-corrected chi connectivity index (χ2v) is 7.42. The lowest BCUT2D eigenvalue weighted by Crippen LogP contribution is -2.44. The Morgan fingerprint density at radius 2 is 1.93 bits per heavy atom. The normalized spacial score (nSPS) is 19.4. The SMILES string of the molecule is CCOC(=O)C1(F)CN(Cc2ccccc2)C=C1CNC(=O)OC(C)(C)C. The van der Waals surface area contributed by atoms with E-state index >= 15 is 4.39 Å². The summed E-state index contributed by atoms with van der Waals surface area (Å²) < 4.78 is 25.6. The molecular formula is C20H27FN2O4. The van der Waals surface area contributed by atoms with E-state index in [1.54, 1.807) is 38.8 Å². The van der Waals surface area contributed by atoms with Crippen LogP contribution in [0.3, 0.4) is 0 Å². The van der Waals surface area contributed by atoms with E-state index in [2.05, 4.69) is 5.32 Å². The summed E-state index contributed by atoms with van der Waals surface area (Å²) >= 11 is 0. The van der Waals surface area contributed by atoms with Gasteiger partial charge in [-0.05, 0) is 33.3 Å². The van der Waals surface area contributed by atoms with E-state index in [9.17, 15) is 9.59 Å². The first-order valence-electron chi connectivity index (χ1n) is 8.96. The van der Waals surface area contributed by atoms with Crippen LogP contribution < -0.4 is 5.32 Å². The van der Waals surface area contributed by atoms with Crippen LogP contribution in [0.4, 0.5) is 9.18 Å². The number of hydrogen-bond acceptors (Lipinski definition) is 5. The molecule has 2 rings (SSSR count). The quantitative estimate of drug-likeness (QED) is 0.770. The standard InChI is InChI=1S/C20H27FN2O4/c1-5-26-17(24)20(21)14-23(12-15-9-7-6-8-10-15)13-16(20)11-22-18(25)27-19(2,3)4/h6-10,13H,5,11-12,14H2,1-4H3,(H,22,25). The van der Waals surface area contributed by atoms with E-state index in [4.69, 9.17) is 9.47 Å². The molecule has 6 nitrogen and oxygen atoms in total. The number of nitrogens with zero attached hydrogens (tertiary/aromatic N) is 1. The third kappa shape index (κ3) is 5.70. The van der Waals surface area contributed by atoms with E-state index in [1.165, 1.54) is 0 Å². The highest BCUT2D eigenvalue weighted by Gasteiger charge is 2.49. The lowest BCUT2D eigenvalue weighted by Gasteiger charge is -2.24. The van der Waals surface area contributed by atoms with Crippen molar-refractivity contribution in [2.75, 3.05) is 19.7 Å². The zero-order chi connectivity index (χ0) is 20.1. The minimum atomic E-state index is -2.31. The number of rotatable bonds is 6. The first-order valence-corrected chi connectivity index (χ1v) is 8.96. The van der Waals surface area contributed by atoms with Crippen molar-refractivity contribution in [3.8, 4) is 0 Å². The van der Waals surface area contributed by atoms with Gasteiger partial charge in [-0.25, -0.2) is 14.0 Å². The van der Waals surface area contributed by atoms with Gasteiger partial charge in [0, 0.05) is 24.9 Å². The Morgan fingerprint density at radius 1 is 1.26 bits per heavy atom. The zero-order valence-electron chi connectivity index (χ0n) is 16.3. The van der Waals surface area contributed by atoms with Crippen molar-refractivity contribution in [3.05, 3.63) is 47.7 Å². The Morgan fingerprint density at radius 3 is 2.52 bits per heavy atom. The van der Waals surface area contributed by atoms with Gasteiger partial charge < -0.3 is 19.7 Å². The van der Waals surface area contributed by atoms with Crippen LogP contribution >= 0.6 is 0 Å². The molecule has 0 saturated carbocycles. The Hall–Kier alpha value is -2.57. The molecule has 0 radical (unpaired) electrons. The molecule has 1 N–H and O–H groups in total. The van der Waals surface area contributed by atoms with Gasteiger partial charge in [0.2, 0.25) is 5.67 Å². The molecule has 0 fully saturated rings. The molecule has 1 aliphatic rings. The van der Waals surface area contributed by atoms with Crippen molar-refractivity contribution < 1.29 is 23.5 Å². The predicted octanol–water partition coefficient (Wildman–Crippen LogP) is 3.18. The second kappa shape index (κ2) is 8.41. The summed E-state index contributed by atoms with van der Waals surface area (Å²) in [5.41, 5.74) is -1.84. The number of esters is 1. The molecule has 0 spiro atoms. The van der Waals surface area contributed by atoms with Crippen molar-refractivity contribution in [1.82, 2.24) is 10.2 Å². The molecule has 27 heavy (non-hydrogen) atoms. The maximum absolute atomic E-state index is 15.5. The molecule has 7 heteroatoms. The minimum Gasteiger partial charge on any atom is -0.463 e. The first kappa shape index (κ1) is 20.7. The Bertz CT molecular complexity index is 700. The lowest BCUT2D eigenvalue weighted by molar-refractivity contribution is -0.154. The zero-order valence-corrected chi connectivity index (χ0v) is 16.3. The van der Waals surface area contributed by atoms with E-state index in [-0.39, 0.29) is 25.3 Å². The van der Waals surface area contributed by atoms with Crippen LogP contribution in [0.1, 0.15) is 33.3 Å². The number of halogens is 1. The van der Waals surface area contributed by atoms with Crippen molar-refractivity contribution in [3.63, 3.8) is 0 Å². The summed E-state index contributed by atoms with van der Waals surface area (Å²) in [4.78, 5) is 25.8. The van der Waals surface area contributed by atoms with Crippen molar-refractivity contribution in [2.45, 2.75) is 45.5 Å². The maximum Gasteiger partial charge on any atom is 0.407 e. The highest BCUT2D eigenvalue weighted by molar-refractivity contribution is 5.85. The summed E-state index contributed by atoms with van der Waals surface area (Å²) in [7, 11) is 0. The smallest absolute Gasteiger partial charge is 0.407 e. The van der Waals surface area contributed by atoms with Crippen molar-refractivity contribution in [2.24, 2.45) is 0 Å². The highest BCUT2D eigenvalue weighted by atomic mass is 19.1. The van der Waals surface area contributed by atoms with Gasteiger partial charge in [0.05, 0.1) is 13.2 Å². The first-order chi connectivity index (χ1) is 12.6. The van der Waals surface area contributed by atoms with Crippen LogP contribution in [0.25, 0.3) is 0 Å². The number of hydrogen-bond donors (Lipinski definition) is 1. The van der Waals surface area contributed by atoms with E-state index in [1.807, 2.05) is 30.3 Å². The van der Waals surface area contributed by atoms with Crippen molar-refractivity contribution >= 4 is 12.1 Å². The van der Waals surface area contributed by atoms with Gasteiger partial charge in [-0.1, -0.05) is 30.3 Å². The third-order valence-corrected chi connectivity index (χ3v) is 3.92. The number of alkyl carbamates (subject to hydrolysis) is 1. The van der Waals surface area contributed by atoms with Gasteiger partial charge >= 0.3 is 12.1 Å². The molecule has 0 aliphatic carbocycles.